The first-order chi connectivity index (χ1) is 5.27. The second kappa shape index (κ2) is 3.23. The van der Waals surface area contributed by atoms with Crippen molar-refractivity contribution in [1.82, 2.24) is 0 Å². The van der Waals surface area contributed by atoms with Crippen molar-refractivity contribution in [3.05, 3.63) is 23.8 Å². The topological polar surface area (TPSA) is 29.5 Å². The number of halogens is 1. The Hall–Kier alpha value is -1.25. The van der Waals surface area contributed by atoms with Crippen molar-refractivity contribution in [2.45, 2.75) is 6.67 Å². The van der Waals surface area contributed by atoms with E-state index in [1.807, 2.05) is 0 Å². The van der Waals surface area contributed by atoms with Gasteiger partial charge < -0.3 is 9.84 Å². The number of ether oxygens (including phenoxy) is 1. The van der Waals surface area contributed by atoms with Gasteiger partial charge in [-0.3, -0.25) is 0 Å². The molecular formula is C8H9FO2. The fourth-order valence-electron chi connectivity index (χ4n) is 0.844. The molecule has 0 bridgehead atoms. The minimum absolute atomic E-state index is 0.0825. The maximum Gasteiger partial charge on any atom is 0.128 e. The SMILES string of the molecule is COc1cc(O)ccc1CF. The van der Waals surface area contributed by atoms with Crippen LogP contribution in [0.5, 0.6) is 11.5 Å². The Balaban J connectivity index is 3.06. The van der Waals surface area contributed by atoms with Gasteiger partial charge in [-0.1, -0.05) is 0 Å². The summed E-state index contributed by atoms with van der Waals surface area (Å²) in [6.45, 7) is -0.580. The Morgan fingerprint density at radius 1 is 1.55 bits per heavy atom. The minimum atomic E-state index is -0.580. The molecule has 0 fully saturated rings. The van der Waals surface area contributed by atoms with Gasteiger partial charge in [-0.05, 0) is 12.1 Å². The first-order valence-corrected chi connectivity index (χ1v) is 3.19. The Kier molecular flexibility index (Phi) is 2.31. The fraction of sp³-hybridized carbons (Fsp3) is 0.250. The van der Waals surface area contributed by atoms with Crippen molar-refractivity contribution in [2.24, 2.45) is 0 Å². The van der Waals surface area contributed by atoms with Crippen molar-refractivity contribution in [3.8, 4) is 11.5 Å². The van der Waals surface area contributed by atoms with Crippen LogP contribution in [-0.2, 0) is 6.67 Å². The zero-order chi connectivity index (χ0) is 8.27. The van der Waals surface area contributed by atoms with Gasteiger partial charge in [-0.2, -0.15) is 0 Å². The van der Waals surface area contributed by atoms with E-state index >= 15 is 0 Å². The zero-order valence-electron chi connectivity index (χ0n) is 6.17. The van der Waals surface area contributed by atoms with Gasteiger partial charge in [-0.15, -0.1) is 0 Å². The quantitative estimate of drug-likeness (QED) is 0.708. The van der Waals surface area contributed by atoms with E-state index in [1.165, 1.54) is 25.3 Å². The number of hydrogen-bond acceptors (Lipinski definition) is 2. The summed E-state index contributed by atoms with van der Waals surface area (Å²) in [5, 5.41) is 8.96. The van der Waals surface area contributed by atoms with E-state index in [0.29, 0.717) is 11.3 Å². The van der Waals surface area contributed by atoms with Crippen LogP contribution in [0.15, 0.2) is 18.2 Å². The number of methoxy groups -OCH3 is 1. The average molecular weight is 156 g/mol. The molecule has 1 aromatic rings. The van der Waals surface area contributed by atoms with E-state index in [9.17, 15) is 4.39 Å². The van der Waals surface area contributed by atoms with Gasteiger partial charge in [0.2, 0.25) is 0 Å². The van der Waals surface area contributed by atoms with Crippen LogP contribution in [0.4, 0.5) is 4.39 Å². The van der Waals surface area contributed by atoms with E-state index in [2.05, 4.69) is 0 Å². The molecule has 0 aliphatic rings. The summed E-state index contributed by atoms with van der Waals surface area (Å²) in [6.07, 6.45) is 0. The molecule has 0 aliphatic heterocycles. The smallest absolute Gasteiger partial charge is 0.128 e. The largest absolute Gasteiger partial charge is 0.508 e. The number of rotatable bonds is 2. The van der Waals surface area contributed by atoms with Crippen LogP contribution >= 0.6 is 0 Å². The molecule has 1 aromatic carbocycles. The first kappa shape index (κ1) is 7.85. The van der Waals surface area contributed by atoms with Gasteiger partial charge in [0.15, 0.2) is 0 Å². The van der Waals surface area contributed by atoms with E-state index < -0.39 is 6.67 Å². The summed E-state index contributed by atoms with van der Waals surface area (Å²) < 4.78 is 17.0. The van der Waals surface area contributed by atoms with Crippen LogP contribution in [0.3, 0.4) is 0 Å². The highest BCUT2D eigenvalue weighted by Gasteiger charge is 2.01. The molecule has 0 spiro atoms. The molecule has 0 saturated carbocycles. The fourth-order valence-corrected chi connectivity index (χ4v) is 0.844. The summed E-state index contributed by atoms with van der Waals surface area (Å²) in [6, 6.07) is 4.31. The lowest BCUT2D eigenvalue weighted by Gasteiger charge is -2.04. The molecule has 0 atom stereocenters. The Labute approximate surface area is 64.2 Å². The molecule has 0 radical (unpaired) electrons. The van der Waals surface area contributed by atoms with Gasteiger partial charge in [0, 0.05) is 11.6 Å². The molecule has 0 aliphatic carbocycles. The normalized spacial score (nSPS) is 9.64. The number of hydrogen-bond donors (Lipinski definition) is 1. The third kappa shape index (κ3) is 1.61. The third-order valence-corrected chi connectivity index (χ3v) is 1.41. The summed E-state index contributed by atoms with van der Waals surface area (Å²) in [5.41, 5.74) is 0.449. The maximum atomic E-state index is 12.1. The summed E-state index contributed by atoms with van der Waals surface area (Å²) in [4.78, 5) is 0. The second-order valence-corrected chi connectivity index (χ2v) is 2.13. The second-order valence-electron chi connectivity index (χ2n) is 2.13. The van der Waals surface area contributed by atoms with E-state index in [1.54, 1.807) is 0 Å². The van der Waals surface area contributed by atoms with Gasteiger partial charge in [0.25, 0.3) is 0 Å². The predicted octanol–water partition coefficient (Wildman–Crippen LogP) is 1.87. The van der Waals surface area contributed by atoms with Crippen LogP contribution in [0.2, 0.25) is 0 Å². The minimum Gasteiger partial charge on any atom is -0.508 e. The van der Waals surface area contributed by atoms with Gasteiger partial charge in [0.1, 0.15) is 18.2 Å². The van der Waals surface area contributed by atoms with Crippen molar-refractivity contribution in [1.29, 1.82) is 0 Å². The summed E-state index contributed by atoms with van der Waals surface area (Å²) in [7, 11) is 1.44. The van der Waals surface area contributed by atoms with Crippen LogP contribution in [-0.4, -0.2) is 12.2 Å². The maximum absolute atomic E-state index is 12.1. The molecule has 0 unspecified atom stereocenters. The van der Waals surface area contributed by atoms with Crippen molar-refractivity contribution < 1.29 is 14.2 Å². The van der Waals surface area contributed by atoms with Crippen LogP contribution in [0.1, 0.15) is 5.56 Å². The highest BCUT2D eigenvalue weighted by atomic mass is 19.1. The summed E-state index contributed by atoms with van der Waals surface area (Å²) >= 11 is 0. The molecule has 11 heavy (non-hydrogen) atoms. The molecule has 60 valence electrons. The Morgan fingerprint density at radius 3 is 2.82 bits per heavy atom. The van der Waals surface area contributed by atoms with Gasteiger partial charge >= 0.3 is 0 Å². The van der Waals surface area contributed by atoms with Crippen molar-refractivity contribution in [2.75, 3.05) is 7.11 Å². The molecule has 1 rings (SSSR count). The number of aromatic hydroxyl groups is 1. The molecule has 0 aromatic heterocycles. The van der Waals surface area contributed by atoms with Crippen LogP contribution in [0.25, 0.3) is 0 Å². The van der Waals surface area contributed by atoms with Gasteiger partial charge in [0.05, 0.1) is 7.11 Å². The average Bonchev–Trinajstić information content (AvgIpc) is 2.04. The number of alkyl halides is 1. The van der Waals surface area contributed by atoms with Crippen molar-refractivity contribution >= 4 is 0 Å². The molecule has 0 saturated heterocycles. The van der Waals surface area contributed by atoms with Crippen molar-refractivity contribution in [3.63, 3.8) is 0 Å². The Morgan fingerprint density at radius 2 is 2.27 bits per heavy atom. The first-order valence-electron chi connectivity index (χ1n) is 3.19. The number of phenols is 1. The van der Waals surface area contributed by atoms with Crippen LogP contribution < -0.4 is 4.74 Å². The lowest BCUT2D eigenvalue weighted by atomic mass is 10.2. The third-order valence-electron chi connectivity index (χ3n) is 1.41. The standard InChI is InChI=1S/C8H9FO2/c1-11-8-4-7(10)3-2-6(8)5-9/h2-4,10H,5H2,1H3. The van der Waals surface area contributed by atoms with E-state index in [4.69, 9.17) is 9.84 Å². The molecular weight excluding hydrogens is 147 g/mol. The monoisotopic (exact) mass is 156 g/mol. The molecule has 3 heteroatoms. The Bertz CT molecular complexity index is 248. The lowest BCUT2D eigenvalue weighted by Crippen LogP contribution is -1.88. The van der Waals surface area contributed by atoms with E-state index in [0.717, 1.165) is 0 Å². The summed E-state index contributed by atoms with van der Waals surface area (Å²) in [5.74, 6) is 0.464. The highest BCUT2D eigenvalue weighted by Crippen LogP contribution is 2.23. The zero-order valence-corrected chi connectivity index (χ0v) is 6.17. The molecule has 1 N–H and O–H groups in total. The van der Waals surface area contributed by atoms with Gasteiger partial charge in [-0.25, -0.2) is 4.39 Å². The number of benzene rings is 1. The molecule has 0 amide bonds. The lowest BCUT2D eigenvalue weighted by molar-refractivity contribution is 0.388. The number of phenolic OH excluding ortho intramolecular Hbond substituents is 1. The highest BCUT2D eigenvalue weighted by molar-refractivity contribution is 5.39. The van der Waals surface area contributed by atoms with E-state index in [-0.39, 0.29) is 5.75 Å². The molecule has 2 nitrogen and oxygen atoms in total. The van der Waals surface area contributed by atoms with Crippen LogP contribution in [0, 0.1) is 0 Å². The predicted molar refractivity (Wildman–Crippen MR) is 39.5 cm³/mol. The molecule has 0 heterocycles.